The van der Waals surface area contributed by atoms with Crippen molar-refractivity contribution in [3.63, 3.8) is 0 Å². The number of aryl methyl sites for hydroxylation is 2. The summed E-state index contributed by atoms with van der Waals surface area (Å²) in [5, 5.41) is 1.49. The Labute approximate surface area is 188 Å². The fourth-order valence-corrected chi connectivity index (χ4v) is 6.31. The largest absolute Gasteiger partial charge is 0.385 e. The second-order valence-corrected chi connectivity index (χ2v) is 10.2. The van der Waals surface area contributed by atoms with Crippen LogP contribution in [0.4, 0.5) is 0 Å². The van der Waals surface area contributed by atoms with Crippen molar-refractivity contribution in [3.8, 4) is 0 Å². The number of thioether (sulfide) groups is 1. The molecule has 8 heteroatoms. The number of nitrogens with zero attached hydrogens (tertiary/aromatic N) is 2. The minimum absolute atomic E-state index is 0.000377. The second kappa shape index (κ2) is 9.22. The SMILES string of the molecule is COCCCn1c(SC(C)C(=O)c2cccc(Cl)c2)nc2sc3c(c2c1=O)CCC3. The first kappa shape index (κ1) is 21.6. The zero-order valence-electron chi connectivity index (χ0n) is 16.9. The van der Waals surface area contributed by atoms with E-state index in [1.807, 2.05) is 6.92 Å². The molecule has 0 spiro atoms. The number of ketones is 1. The molecule has 5 nitrogen and oxygen atoms in total. The number of carbonyl (C=O) groups excluding carboxylic acids is 1. The van der Waals surface area contributed by atoms with Crippen LogP contribution in [0.1, 0.15) is 40.6 Å². The van der Waals surface area contributed by atoms with Gasteiger partial charge in [0.2, 0.25) is 0 Å². The molecule has 0 radical (unpaired) electrons. The third-order valence-electron chi connectivity index (χ3n) is 5.28. The number of hydrogen-bond donors (Lipinski definition) is 0. The lowest BCUT2D eigenvalue weighted by Crippen LogP contribution is -2.25. The Hall–Kier alpha value is -1.67. The van der Waals surface area contributed by atoms with Crippen LogP contribution in [0.2, 0.25) is 5.02 Å². The van der Waals surface area contributed by atoms with Gasteiger partial charge in [0.05, 0.1) is 10.6 Å². The summed E-state index contributed by atoms with van der Waals surface area (Å²) in [4.78, 5) is 33.2. The van der Waals surface area contributed by atoms with E-state index in [-0.39, 0.29) is 11.3 Å². The van der Waals surface area contributed by atoms with E-state index in [0.29, 0.717) is 35.3 Å². The van der Waals surface area contributed by atoms with Gasteiger partial charge >= 0.3 is 0 Å². The van der Waals surface area contributed by atoms with Crippen molar-refractivity contribution in [2.75, 3.05) is 13.7 Å². The highest BCUT2D eigenvalue weighted by Gasteiger charge is 2.25. The summed E-state index contributed by atoms with van der Waals surface area (Å²) in [6.07, 6.45) is 3.77. The first-order chi connectivity index (χ1) is 14.5. The fourth-order valence-electron chi connectivity index (χ4n) is 3.80. The van der Waals surface area contributed by atoms with Gasteiger partial charge < -0.3 is 4.74 Å². The van der Waals surface area contributed by atoms with Gasteiger partial charge in [-0.25, -0.2) is 4.98 Å². The number of methoxy groups -OCH3 is 1. The molecule has 0 saturated carbocycles. The Kier molecular flexibility index (Phi) is 6.63. The maximum atomic E-state index is 13.4. The van der Waals surface area contributed by atoms with Gasteiger partial charge in [-0.05, 0) is 50.3 Å². The first-order valence-electron chi connectivity index (χ1n) is 10.00. The van der Waals surface area contributed by atoms with Crippen molar-refractivity contribution in [2.24, 2.45) is 0 Å². The van der Waals surface area contributed by atoms with Gasteiger partial charge in [-0.2, -0.15) is 0 Å². The zero-order valence-corrected chi connectivity index (χ0v) is 19.3. The molecule has 30 heavy (non-hydrogen) atoms. The highest BCUT2D eigenvalue weighted by molar-refractivity contribution is 8.00. The smallest absolute Gasteiger partial charge is 0.263 e. The molecule has 2 heterocycles. The monoisotopic (exact) mass is 462 g/mol. The van der Waals surface area contributed by atoms with Crippen LogP contribution in [-0.4, -0.2) is 34.3 Å². The van der Waals surface area contributed by atoms with Crippen molar-refractivity contribution >= 4 is 50.7 Å². The Bertz CT molecular complexity index is 1160. The molecule has 0 N–H and O–H groups in total. The minimum Gasteiger partial charge on any atom is -0.385 e. The van der Waals surface area contributed by atoms with E-state index in [2.05, 4.69) is 0 Å². The predicted molar refractivity (Wildman–Crippen MR) is 123 cm³/mol. The van der Waals surface area contributed by atoms with Gasteiger partial charge in [0.1, 0.15) is 4.83 Å². The van der Waals surface area contributed by atoms with Crippen molar-refractivity contribution in [2.45, 2.75) is 49.6 Å². The van der Waals surface area contributed by atoms with E-state index in [1.165, 1.54) is 22.2 Å². The van der Waals surface area contributed by atoms with Crippen molar-refractivity contribution in [1.29, 1.82) is 0 Å². The summed E-state index contributed by atoms with van der Waals surface area (Å²) < 4.78 is 6.89. The molecular formula is C22H23ClN2O3S2. The number of carbonyl (C=O) groups is 1. The average molecular weight is 463 g/mol. The van der Waals surface area contributed by atoms with Gasteiger partial charge in [0, 0.05) is 35.7 Å². The maximum Gasteiger partial charge on any atom is 0.263 e. The number of rotatable bonds is 8. The van der Waals surface area contributed by atoms with Crippen LogP contribution < -0.4 is 5.56 Å². The molecular weight excluding hydrogens is 440 g/mol. The zero-order chi connectivity index (χ0) is 21.3. The lowest BCUT2D eigenvalue weighted by molar-refractivity contribution is 0.0994. The van der Waals surface area contributed by atoms with Gasteiger partial charge in [-0.15, -0.1) is 11.3 Å². The highest BCUT2D eigenvalue weighted by atomic mass is 35.5. The third kappa shape index (κ3) is 4.21. The molecule has 4 rings (SSSR count). The molecule has 2 aromatic heterocycles. The summed E-state index contributed by atoms with van der Waals surface area (Å²) in [5.74, 6) is -0.0334. The topological polar surface area (TPSA) is 61.2 Å². The van der Waals surface area contributed by atoms with Crippen LogP contribution in [0.5, 0.6) is 0 Å². The van der Waals surface area contributed by atoms with Gasteiger partial charge in [0.25, 0.3) is 5.56 Å². The molecule has 3 aromatic rings. The number of fused-ring (bicyclic) bond motifs is 3. The second-order valence-electron chi connectivity index (χ2n) is 7.37. The van der Waals surface area contributed by atoms with Crippen LogP contribution in [0, 0.1) is 0 Å². The highest BCUT2D eigenvalue weighted by Crippen LogP contribution is 2.36. The summed E-state index contributed by atoms with van der Waals surface area (Å²) >= 11 is 9.00. The summed E-state index contributed by atoms with van der Waals surface area (Å²) in [6, 6.07) is 6.95. The molecule has 0 amide bonds. The van der Waals surface area contributed by atoms with Crippen LogP contribution in [0.15, 0.2) is 34.2 Å². The number of Topliss-reactive ketones (excluding diaryl/α,β-unsaturated/α-hetero) is 1. The maximum absolute atomic E-state index is 13.4. The van der Waals surface area contributed by atoms with E-state index in [0.717, 1.165) is 29.5 Å². The van der Waals surface area contributed by atoms with E-state index >= 15 is 0 Å². The Balaban J connectivity index is 1.70. The molecule has 0 saturated heterocycles. The van der Waals surface area contributed by atoms with Crippen LogP contribution >= 0.6 is 34.7 Å². The van der Waals surface area contributed by atoms with Crippen LogP contribution in [0.25, 0.3) is 10.2 Å². The number of aromatic nitrogens is 2. The van der Waals surface area contributed by atoms with E-state index in [4.69, 9.17) is 21.3 Å². The van der Waals surface area contributed by atoms with Crippen molar-refractivity contribution < 1.29 is 9.53 Å². The molecule has 0 fully saturated rings. The summed E-state index contributed by atoms with van der Waals surface area (Å²) in [5.41, 5.74) is 1.74. The molecule has 0 bridgehead atoms. The van der Waals surface area contributed by atoms with Crippen molar-refractivity contribution in [1.82, 2.24) is 9.55 Å². The Morgan fingerprint density at radius 3 is 3.00 bits per heavy atom. The summed E-state index contributed by atoms with van der Waals surface area (Å²) in [6.45, 7) is 2.92. The molecule has 158 valence electrons. The van der Waals surface area contributed by atoms with Crippen LogP contribution in [0.3, 0.4) is 0 Å². The number of halogens is 1. The third-order valence-corrected chi connectivity index (χ3v) is 7.79. The number of benzene rings is 1. The number of ether oxygens (including phenoxy) is 1. The quantitative estimate of drug-likeness (QED) is 0.204. The first-order valence-corrected chi connectivity index (χ1v) is 12.1. The summed E-state index contributed by atoms with van der Waals surface area (Å²) in [7, 11) is 1.65. The predicted octanol–water partition coefficient (Wildman–Crippen LogP) is 5.00. The van der Waals surface area contributed by atoms with Gasteiger partial charge in [-0.1, -0.05) is 35.5 Å². The standard InChI is InChI=1S/C22H23ClN2O3S2/c1-13(19(26)14-6-3-7-15(23)12-14)29-22-24-20-18(16-8-4-9-17(16)30-20)21(27)25(22)10-5-11-28-2/h3,6-7,12-13H,4-5,8-11H2,1-2H3. The average Bonchev–Trinajstić information content (AvgIpc) is 3.30. The molecule has 0 aliphatic heterocycles. The molecule has 1 aromatic carbocycles. The van der Waals surface area contributed by atoms with Gasteiger partial charge in [-0.3, -0.25) is 14.2 Å². The Morgan fingerprint density at radius 1 is 1.40 bits per heavy atom. The van der Waals surface area contributed by atoms with E-state index in [1.54, 1.807) is 47.3 Å². The van der Waals surface area contributed by atoms with Crippen LogP contribution in [-0.2, 0) is 24.1 Å². The number of hydrogen-bond acceptors (Lipinski definition) is 6. The lowest BCUT2D eigenvalue weighted by atomic mass is 10.1. The van der Waals surface area contributed by atoms with Gasteiger partial charge in [0.15, 0.2) is 10.9 Å². The minimum atomic E-state index is -0.395. The Morgan fingerprint density at radius 2 is 2.23 bits per heavy atom. The molecule has 1 aliphatic carbocycles. The van der Waals surface area contributed by atoms with E-state index < -0.39 is 5.25 Å². The fraction of sp³-hybridized carbons (Fsp3) is 0.409. The molecule has 1 aliphatic rings. The van der Waals surface area contributed by atoms with Crippen molar-refractivity contribution in [3.05, 3.63) is 55.6 Å². The lowest BCUT2D eigenvalue weighted by Gasteiger charge is -2.15. The molecule has 1 unspecified atom stereocenters. The number of thiophene rings is 1. The normalized spacial score (nSPS) is 14.2. The van der Waals surface area contributed by atoms with E-state index in [9.17, 15) is 9.59 Å². The molecule has 1 atom stereocenters.